The average Bonchev–Trinajstić information content (AvgIpc) is 2.07. The van der Waals surface area contributed by atoms with E-state index in [9.17, 15) is 9.59 Å². The second-order valence-electron chi connectivity index (χ2n) is 6.28. The van der Waals surface area contributed by atoms with E-state index in [1.54, 1.807) is 27.7 Å². The molecule has 0 aliphatic heterocycles. The van der Waals surface area contributed by atoms with Crippen molar-refractivity contribution in [2.45, 2.75) is 51.6 Å². The van der Waals surface area contributed by atoms with Crippen molar-refractivity contribution in [3.8, 4) is 0 Å². The molecule has 0 bridgehead atoms. The zero-order chi connectivity index (χ0) is 16.8. The first-order valence-electron chi connectivity index (χ1n) is 6.52. The van der Waals surface area contributed by atoms with Crippen LogP contribution in [0.3, 0.4) is 0 Å². The van der Waals surface area contributed by atoms with Gasteiger partial charge in [-0.2, -0.15) is 0 Å². The fraction of sp³-hybridized carbons (Fsp3) is 0.571. The molecule has 0 saturated carbocycles. The Kier molecular flexibility index (Phi) is 6.28. The van der Waals surface area contributed by atoms with Crippen molar-refractivity contribution >= 4 is 12.1 Å². The van der Waals surface area contributed by atoms with Crippen LogP contribution in [0.4, 0.5) is 9.59 Å². The van der Waals surface area contributed by atoms with Gasteiger partial charge in [0.2, 0.25) is 0 Å². The van der Waals surface area contributed by atoms with E-state index in [0.717, 1.165) is 0 Å². The van der Waals surface area contributed by atoms with E-state index >= 15 is 0 Å². The normalized spacial score (nSPS) is 11.4. The van der Waals surface area contributed by atoms with Gasteiger partial charge in [0.1, 0.15) is 0 Å². The van der Waals surface area contributed by atoms with Crippen LogP contribution in [0.5, 0.6) is 0 Å². The van der Waals surface area contributed by atoms with Crippen LogP contribution in [0.25, 0.3) is 0 Å². The molecule has 7 nitrogen and oxygen atoms in total. The van der Waals surface area contributed by atoms with E-state index in [0.29, 0.717) is 24.4 Å². The monoisotopic (exact) mass is 298 g/mol. The highest BCUT2D eigenvalue weighted by Gasteiger charge is 2.24. The summed E-state index contributed by atoms with van der Waals surface area (Å²) < 4.78 is 5.51. The number of primary amides is 2. The van der Waals surface area contributed by atoms with Crippen LogP contribution in [0, 0.1) is 0 Å². The predicted octanol–water partition coefficient (Wildman–Crippen LogP) is 1.70. The zero-order valence-corrected chi connectivity index (χ0v) is 13.2. The third kappa shape index (κ3) is 9.37. The molecule has 0 spiro atoms. The molecule has 7 heteroatoms. The summed E-state index contributed by atoms with van der Waals surface area (Å²) in [6.07, 6.45) is 0.747. The highest BCUT2D eigenvalue weighted by atomic mass is 16.5. The second kappa shape index (κ2) is 7.01. The fourth-order valence-electron chi connectivity index (χ4n) is 2.02. The van der Waals surface area contributed by atoms with Crippen molar-refractivity contribution < 1.29 is 14.3 Å². The van der Waals surface area contributed by atoms with E-state index in [2.05, 4.69) is 23.8 Å². The number of rotatable bonds is 8. The van der Waals surface area contributed by atoms with Crippen LogP contribution in [0.2, 0.25) is 0 Å². The van der Waals surface area contributed by atoms with E-state index < -0.39 is 23.1 Å². The standard InChI is InChI=1S/C14H26N4O3/c1-9(7-13(3,4)17-11(15)19)21-10(2)8-14(5,6)18-12(16)20/h1-2,7-8H2,3-6H3,(H3,15,17,19)(H3,16,18,20). The topological polar surface area (TPSA) is 119 Å². The van der Waals surface area contributed by atoms with Gasteiger partial charge in [-0.1, -0.05) is 13.2 Å². The molecule has 6 N–H and O–H groups in total. The molecule has 0 aliphatic carbocycles. The first-order chi connectivity index (χ1) is 9.33. The number of nitrogens with two attached hydrogens (primary N) is 2. The number of carbonyl (C=O) groups is 2. The minimum atomic E-state index is -0.613. The third-order valence-corrected chi connectivity index (χ3v) is 2.49. The molecule has 0 heterocycles. The summed E-state index contributed by atoms with van der Waals surface area (Å²) in [5, 5.41) is 5.18. The van der Waals surface area contributed by atoms with Crippen LogP contribution in [-0.4, -0.2) is 23.1 Å². The Bertz CT molecular complexity index is 402. The quantitative estimate of drug-likeness (QED) is 0.510. The third-order valence-electron chi connectivity index (χ3n) is 2.49. The van der Waals surface area contributed by atoms with Crippen molar-refractivity contribution in [2.24, 2.45) is 11.5 Å². The van der Waals surface area contributed by atoms with E-state index in [1.165, 1.54) is 0 Å². The number of carbonyl (C=O) groups excluding carboxylic acids is 2. The molecule has 0 unspecified atom stereocenters. The van der Waals surface area contributed by atoms with Crippen molar-refractivity contribution in [1.82, 2.24) is 10.6 Å². The van der Waals surface area contributed by atoms with E-state index in [4.69, 9.17) is 16.2 Å². The molecule has 0 aromatic carbocycles. The average molecular weight is 298 g/mol. The van der Waals surface area contributed by atoms with Crippen molar-refractivity contribution in [3.63, 3.8) is 0 Å². The minimum Gasteiger partial charge on any atom is -0.467 e. The van der Waals surface area contributed by atoms with Gasteiger partial charge in [-0.05, 0) is 27.7 Å². The minimum absolute atomic E-state index is 0.374. The van der Waals surface area contributed by atoms with Gasteiger partial charge in [0.05, 0.1) is 11.5 Å². The number of amides is 4. The summed E-state index contributed by atoms with van der Waals surface area (Å²) >= 11 is 0. The number of ether oxygens (including phenoxy) is 1. The number of nitrogens with one attached hydrogen (secondary N) is 2. The lowest BCUT2D eigenvalue weighted by atomic mass is 9.99. The molecular weight excluding hydrogens is 272 g/mol. The van der Waals surface area contributed by atoms with Crippen molar-refractivity contribution in [1.29, 1.82) is 0 Å². The molecule has 0 rings (SSSR count). The molecule has 4 amide bonds. The Hall–Kier alpha value is -2.18. The predicted molar refractivity (Wildman–Crippen MR) is 82.2 cm³/mol. The largest absolute Gasteiger partial charge is 0.467 e. The first-order valence-corrected chi connectivity index (χ1v) is 6.52. The Morgan fingerprint density at radius 3 is 1.43 bits per heavy atom. The summed E-state index contributed by atoms with van der Waals surface area (Å²) in [5.74, 6) is 0.877. The smallest absolute Gasteiger partial charge is 0.312 e. The zero-order valence-electron chi connectivity index (χ0n) is 13.2. The van der Waals surface area contributed by atoms with E-state index in [1.807, 2.05) is 0 Å². The molecule has 0 atom stereocenters. The fourth-order valence-corrected chi connectivity index (χ4v) is 2.02. The maximum absolute atomic E-state index is 10.9. The van der Waals surface area contributed by atoms with Crippen LogP contribution < -0.4 is 22.1 Å². The maximum Gasteiger partial charge on any atom is 0.312 e. The van der Waals surface area contributed by atoms with Gasteiger partial charge in [-0.3, -0.25) is 0 Å². The van der Waals surface area contributed by atoms with Crippen molar-refractivity contribution in [2.75, 3.05) is 0 Å². The van der Waals surface area contributed by atoms with Gasteiger partial charge < -0.3 is 26.8 Å². The summed E-state index contributed by atoms with van der Waals surface area (Å²) in [7, 11) is 0. The number of hydrogen-bond donors (Lipinski definition) is 4. The van der Waals surface area contributed by atoms with E-state index in [-0.39, 0.29) is 0 Å². The Morgan fingerprint density at radius 1 is 0.905 bits per heavy atom. The molecule has 21 heavy (non-hydrogen) atoms. The number of urea groups is 2. The van der Waals surface area contributed by atoms with Gasteiger partial charge in [0.15, 0.2) is 0 Å². The van der Waals surface area contributed by atoms with Gasteiger partial charge in [-0.15, -0.1) is 0 Å². The van der Waals surface area contributed by atoms with Gasteiger partial charge >= 0.3 is 12.1 Å². The van der Waals surface area contributed by atoms with Gasteiger partial charge in [0.25, 0.3) is 0 Å². The lowest BCUT2D eigenvalue weighted by Gasteiger charge is -2.28. The Morgan fingerprint density at radius 2 is 1.19 bits per heavy atom. The van der Waals surface area contributed by atoms with Crippen LogP contribution >= 0.6 is 0 Å². The van der Waals surface area contributed by atoms with Crippen LogP contribution in [-0.2, 0) is 4.74 Å². The maximum atomic E-state index is 10.9. The highest BCUT2D eigenvalue weighted by molar-refractivity contribution is 5.72. The highest BCUT2D eigenvalue weighted by Crippen LogP contribution is 2.22. The molecule has 0 aliphatic rings. The van der Waals surface area contributed by atoms with Crippen LogP contribution in [0.1, 0.15) is 40.5 Å². The van der Waals surface area contributed by atoms with Gasteiger partial charge in [0, 0.05) is 23.9 Å². The second-order valence-corrected chi connectivity index (χ2v) is 6.28. The van der Waals surface area contributed by atoms with Crippen LogP contribution in [0.15, 0.2) is 24.7 Å². The SMILES string of the molecule is C=C(CC(C)(C)NC(N)=O)OC(=C)CC(C)(C)NC(N)=O. The Labute approximate surface area is 125 Å². The molecule has 0 fully saturated rings. The Balaban J connectivity index is 4.43. The lowest BCUT2D eigenvalue weighted by Crippen LogP contribution is -2.47. The molecular formula is C14H26N4O3. The number of hydrogen-bond acceptors (Lipinski definition) is 3. The molecule has 0 aromatic rings. The summed E-state index contributed by atoms with van der Waals surface area (Å²) in [5.41, 5.74) is 9.03. The van der Waals surface area contributed by atoms with Crippen molar-refractivity contribution in [3.05, 3.63) is 24.7 Å². The molecule has 0 aromatic heterocycles. The summed E-state index contributed by atoms with van der Waals surface area (Å²) in [6, 6.07) is -1.23. The lowest BCUT2D eigenvalue weighted by molar-refractivity contribution is 0.213. The first kappa shape index (κ1) is 18.8. The molecule has 120 valence electrons. The van der Waals surface area contributed by atoms with Gasteiger partial charge in [-0.25, -0.2) is 9.59 Å². The molecule has 0 saturated heterocycles. The summed E-state index contributed by atoms with van der Waals surface area (Å²) in [4.78, 5) is 21.8. The summed E-state index contributed by atoms with van der Waals surface area (Å²) in [6.45, 7) is 14.8. The molecule has 0 radical (unpaired) electrons.